The molecule has 2 nitrogen and oxygen atoms in total. The van der Waals surface area contributed by atoms with Crippen molar-refractivity contribution in [2.45, 2.75) is 78.1 Å². The molecule has 1 aromatic rings. The Morgan fingerprint density at radius 1 is 1.16 bits per heavy atom. The van der Waals surface area contributed by atoms with Crippen LogP contribution in [0.3, 0.4) is 0 Å². The first-order valence-corrected chi connectivity index (χ1v) is 12.2. The van der Waals surface area contributed by atoms with Gasteiger partial charge in [-0.1, -0.05) is 65.0 Å². The van der Waals surface area contributed by atoms with Crippen molar-refractivity contribution in [3.63, 3.8) is 0 Å². The van der Waals surface area contributed by atoms with Gasteiger partial charge in [0.2, 0.25) is 8.32 Å². The van der Waals surface area contributed by atoms with Gasteiger partial charge in [-0.15, -0.1) is 0 Å². The van der Waals surface area contributed by atoms with Gasteiger partial charge in [-0.3, -0.25) is 0 Å². The second-order valence-corrected chi connectivity index (χ2v) is 13.1. The van der Waals surface area contributed by atoms with Gasteiger partial charge in [0, 0.05) is 0 Å². The van der Waals surface area contributed by atoms with Crippen LogP contribution < -0.4 is 4.43 Å². The summed E-state index contributed by atoms with van der Waals surface area (Å²) in [6.45, 7) is 17.4. The number of hydrogen-bond acceptors (Lipinski definition) is 2. The molecule has 3 heteroatoms. The third kappa shape index (κ3) is 6.16. The van der Waals surface area contributed by atoms with Crippen molar-refractivity contribution in [3.8, 4) is 5.75 Å². The summed E-state index contributed by atoms with van der Waals surface area (Å²) < 4.78 is 6.40. The highest BCUT2D eigenvalue weighted by molar-refractivity contribution is 6.74. The van der Waals surface area contributed by atoms with E-state index >= 15 is 0 Å². The van der Waals surface area contributed by atoms with Crippen LogP contribution in [0.4, 0.5) is 0 Å². The lowest BCUT2D eigenvalue weighted by molar-refractivity contribution is 0.0828. The van der Waals surface area contributed by atoms with Crippen molar-refractivity contribution >= 4 is 13.9 Å². The van der Waals surface area contributed by atoms with Crippen LogP contribution in [-0.4, -0.2) is 19.0 Å². The monoisotopic (exact) mass is 360 g/mol. The first-order valence-electron chi connectivity index (χ1n) is 9.32. The molecule has 1 rings (SSSR count). The van der Waals surface area contributed by atoms with E-state index in [1.165, 1.54) is 0 Å². The zero-order valence-corrected chi connectivity index (χ0v) is 18.3. The number of benzene rings is 1. The molecule has 0 aliphatic rings. The molecule has 0 saturated heterocycles. The molecule has 0 aliphatic carbocycles. The van der Waals surface area contributed by atoms with E-state index in [1.54, 1.807) is 0 Å². The van der Waals surface area contributed by atoms with Crippen molar-refractivity contribution in [2.24, 2.45) is 0 Å². The maximum Gasteiger partial charge on any atom is 0.250 e. The van der Waals surface area contributed by atoms with Gasteiger partial charge >= 0.3 is 0 Å². The highest BCUT2D eigenvalue weighted by Crippen LogP contribution is 2.37. The molecule has 0 heterocycles. The zero-order chi connectivity index (χ0) is 19.3. The minimum atomic E-state index is -1.83. The maximum absolute atomic E-state index is 10.3. The summed E-state index contributed by atoms with van der Waals surface area (Å²) in [5, 5.41) is 10.5. The molecule has 0 spiro atoms. The molecule has 0 aliphatic heterocycles. The fourth-order valence-corrected chi connectivity index (χ4v) is 3.23. The highest BCUT2D eigenvalue weighted by Gasteiger charge is 2.38. The Kier molecular flexibility index (Phi) is 7.27. The maximum atomic E-state index is 10.3. The molecule has 0 aromatic heterocycles. The molecule has 1 N–H and O–H groups in total. The smallest absolute Gasteiger partial charge is 0.250 e. The summed E-state index contributed by atoms with van der Waals surface area (Å²) in [5.74, 6) is 0.944. The van der Waals surface area contributed by atoms with Crippen LogP contribution >= 0.6 is 0 Å². The molecule has 0 amide bonds. The van der Waals surface area contributed by atoms with Gasteiger partial charge in [-0.05, 0) is 61.2 Å². The fraction of sp³-hybridized carbons (Fsp3) is 0.545. The Morgan fingerprint density at radius 3 is 2.28 bits per heavy atom. The summed E-state index contributed by atoms with van der Waals surface area (Å²) in [4.78, 5) is 0. The highest BCUT2D eigenvalue weighted by atomic mass is 28.4. The van der Waals surface area contributed by atoms with Crippen molar-refractivity contribution in [3.05, 3.63) is 48.1 Å². The van der Waals surface area contributed by atoms with E-state index in [0.717, 1.165) is 29.7 Å². The Balaban J connectivity index is 2.97. The average molecular weight is 361 g/mol. The molecular formula is C22H36O2Si. The summed E-state index contributed by atoms with van der Waals surface area (Å²) in [5.41, 5.74) is 1.60. The minimum Gasteiger partial charge on any atom is -0.543 e. The van der Waals surface area contributed by atoms with Gasteiger partial charge in [0.1, 0.15) is 5.75 Å². The Bertz CT molecular complexity index is 617. The number of allylic oxidation sites excluding steroid dienone is 3. The van der Waals surface area contributed by atoms with Gasteiger partial charge in [0.25, 0.3) is 0 Å². The molecular weight excluding hydrogens is 324 g/mol. The lowest BCUT2D eigenvalue weighted by Gasteiger charge is -2.36. The Hall–Kier alpha value is -1.32. The van der Waals surface area contributed by atoms with Crippen LogP contribution in [0.15, 0.2) is 42.5 Å². The minimum absolute atomic E-state index is 0.182. The van der Waals surface area contributed by atoms with Crippen LogP contribution in [0.2, 0.25) is 18.1 Å². The van der Waals surface area contributed by atoms with E-state index in [1.807, 2.05) is 38.1 Å². The number of rotatable bonds is 7. The molecule has 0 bridgehead atoms. The van der Waals surface area contributed by atoms with Gasteiger partial charge in [-0.2, -0.15) is 0 Å². The van der Waals surface area contributed by atoms with Gasteiger partial charge in [0.05, 0.1) is 5.60 Å². The number of hydrogen-bond donors (Lipinski definition) is 1. The summed E-state index contributed by atoms with van der Waals surface area (Å²) in [6.07, 6.45) is 7.36. The van der Waals surface area contributed by atoms with E-state index in [4.69, 9.17) is 4.43 Å². The van der Waals surface area contributed by atoms with E-state index in [-0.39, 0.29) is 5.04 Å². The largest absolute Gasteiger partial charge is 0.543 e. The van der Waals surface area contributed by atoms with E-state index in [9.17, 15) is 5.11 Å². The summed E-state index contributed by atoms with van der Waals surface area (Å²) >= 11 is 0. The third-order valence-corrected chi connectivity index (χ3v) is 9.80. The van der Waals surface area contributed by atoms with Crippen molar-refractivity contribution in [1.29, 1.82) is 0 Å². The predicted octanol–water partition coefficient (Wildman–Crippen LogP) is 6.58. The third-order valence-electron chi connectivity index (χ3n) is 5.45. The zero-order valence-electron chi connectivity index (χ0n) is 17.3. The molecule has 140 valence electrons. The van der Waals surface area contributed by atoms with E-state index in [0.29, 0.717) is 0 Å². The molecule has 0 radical (unpaired) electrons. The van der Waals surface area contributed by atoms with Crippen LogP contribution in [0, 0.1) is 0 Å². The second-order valence-electron chi connectivity index (χ2n) is 8.41. The van der Waals surface area contributed by atoms with Gasteiger partial charge in [-0.25, -0.2) is 0 Å². The molecule has 0 atom stereocenters. The quantitative estimate of drug-likeness (QED) is 0.439. The molecule has 1 aromatic carbocycles. The Labute approximate surface area is 155 Å². The van der Waals surface area contributed by atoms with Crippen LogP contribution in [0.1, 0.15) is 59.9 Å². The lowest BCUT2D eigenvalue weighted by atomic mass is 9.96. The lowest BCUT2D eigenvalue weighted by Crippen LogP contribution is -2.43. The Morgan fingerprint density at radius 2 is 1.76 bits per heavy atom. The average Bonchev–Trinajstić information content (AvgIpc) is 2.53. The SMILES string of the molecule is CCC(O)(C=CC=C(C)c1cccc(O[Si](C)(C)C(C)(C)C)c1)CC. The molecule has 0 unspecified atom stereocenters. The topological polar surface area (TPSA) is 29.5 Å². The van der Waals surface area contributed by atoms with E-state index < -0.39 is 13.9 Å². The standard InChI is InChI=1S/C22H36O2Si/c1-9-22(23,10-2)16-12-13-18(3)19-14-11-15-20(17-19)24-25(7,8)21(4,5)6/h11-17,23H,9-10H2,1-8H3. The van der Waals surface area contributed by atoms with E-state index in [2.05, 4.69) is 59.0 Å². The van der Waals surface area contributed by atoms with Crippen molar-refractivity contribution in [2.75, 3.05) is 0 Å². The first kappa shape index (κ1) is 21.7. The molecule has 25 heavy (non-hydrogen) atoms. The van der Waals surface area contributed by atoms with Gasteiger partial charge in [0.15, 0.2) is 0 Å². The normalized spacial score (nSPS) is 14.2. The molecule has 0 saturated carbocycles. The summed E-state index contributed by atoms with van der Waals surface area (Å²) in [7, 11) is -1.83. The van der Waals surface area contributed by atoms with Crippen LogP contribution in [0.5, 0.6) is 5.75 Å². The van der Waals surface area contributed by atoms with Crippen molar-refractivity contribution in [1.82, 2.24) is 0 Å². The molecule has 0 fully saturated rings. The predicted molar refractivity (Wildman–Crippen MR) is 113 cm³/mol. The van der Waals surface area contributed by atoms with Crippen LogP contribution in [0.25, 0.3) is 5.57 Å². The summed E-state index contributed by atoms with van der Waals surface area (Å²) in [6, 6.07) is 8.31. The van der Waals surface area contributed by atoms with Gasteiger partial charge < -0.3 is 9.53 Å². The number of aliphatic hydroxyl groups is 1. The van der Waals surface area contributed by atoms with Crippen molar-refractivity contribution < 1.29 is 9.53 Å². The second kappa shape index (κ2) is 8.37. The van der Waals surface area contributed by atoms with Crippen LogP contribution in [-0.2, 0) is 0 Å². The first-order chi connectivity index (χ1) is 11.4. The fourth-order valence-electron chi connectivity index (χ4n) is 2.21.